The minimum atomic E-state index is -3.96. The minimum absolute atomic E-state index is 0.0186. The number of benzene rings is 1. The molecule has 1 rings (SSSR count). The number of esters is 1. The number of amides is 3. The van der Waals surface area contributed by atoms with E-state index in [0.29, 0.717) is 0 Å². The molecule has 0 fully saturated rings. The fraction of sp³-hybridized carbons (Fsp3) is 0.500. The van der Waals surface area contributed by atoms with E-state index < -0.39 is 40.1 Å². The second kappa shape index (κ2) is 10.2. The van der Waals surface area contributed by atoms with E-state index in [9.17, 15) is 22.8 Å². The third kappa shape index (κ3) is 7.28. The number of carbonyl (C=O) groups excluding carboxylic acids is 3. The molecule has 1 aromatic rings. The predicted molar refractivity (Wildman–Crippen MR) is 103 cm³/mol. The molecule has 1 aromatic carbocycles. The Kier molecular flexibility index (Phi) is 8.58. The predicted octanol–water partition coefficient (Wildman–Crippen LogP) is 1.08. The van der Waals surface area contributed by atoms with Gasteiger partial charge < -0.3 is 10.1 Å². The van der Waals surface area contributed by atoms with Crippen LogP contribution < -0.4 is 15.4 Å². The van der Waals surface area contributed by atoms with Crippen molar-refractivity contribution in [1.82, 2.24) is 15.4 Å². The molecule has 3 amide bonds. The summed E-state index contributed by atoms with van der Waals surface area (Å²) in [6.45, 7) is 6.76. The van der Waals surface area contributed by atoms with Crippen molar-refractivity contribution in [3.63, 3.8) is 0 Å². The lowest BCUT2D eigenvalue weighted by atomic mass is 10.0. The molecule has 2 atom stereocenters. The van der Waals surface area contributed by atoms with Gasteiger partial charge in [0.25, 0.3) is 5.91 Å². The summed E-state index contributed by atoms with van der Waals surface area (Å²) in [5, 5.41) is 4.19. The lowest BCUT2D eigenvalue weighted by Crippen LogP contribution is -2.47. The molecule has 28 heavy (non-hydrogen) atoms. The molecular weight excluding hydrogens is 386 g/mol. The average Bonchev–Trinajstić information content (AvgIpc) is 2.60. The van der Waals surface area contributed by atoms with Gasteiger partial charge in [-0.2, -0.15) is 4.72 Å². The number of imide groups is 1. The summed E-state index contributed by atoms with van der Waals surface area (Å²) in [5.74, 6) is -1.74. The molecule has 3 N–H and O–H groups in total. The normalized spacial score (nSPS) is 13.5. The highest BCUT2D eigenvalue weighted by atomic mass is 32.2. The van der Waals surface area contributed by atoms with Crippen molar-refractivity contribution in [3.8, 4) is 0 Å². The molecule has 0 saturated carbocycles. The zero-order chi connectivity index (χ0) is 21.5. The number of carbonyl (C=O) groups is 3. The summed E-state index contributed by atoms with van der Waals surface area (Å²) in [6.07, 6.45) is -1.10. The van der Waals surface area contributed by atoms with E-state index in [1.807, 2.05) is 26.1 Å². The van der Waals surface area contributed by atoms with E-state index in [1.165, 1.54) is 26.1 Å². The number of hydrogen-bond donors (Lipinski definition) is 3. The summed E-state index contributed by atoms with van der Waals surface area (Å²) < 4.78 is 32.6. The smallest absolute Gasteiger partial charge is 0.324 e. The van der Waals surface area contributed by atoms with Gasteiger partial charge in [0.15, 0.2) is 6.10 Å². The number of rotatable bonds is 8. The first kappa shape index (κ1) is 23.6. The Morgan fingerprint density at radius 3 is 2.14 bits per heavy atom. The van der Waals surface area contributed by atoms with E-state index >= 15 is 0 Å². The minimum Gasteiger partial charge on any atom is -0.451 e. The molecule has 0 aromatic heterocycles. The molecule has 0 aliphatic carbocycles. The Bertz CT molecular complexity index is 805. The van der Waals surface area contributed by atoms with Crippen molar-refractivity contribution >= 4 is 27.9 Å². The SMILES string of the molecule is CNC(=O)NC(=O)[C@@H](C)OC(=O)[C@@H](CC(C)C)NS(=O)(=O)c1ccc(C)cc1. The third-order valence-corrected chi connectivity index (χ3v) is 5.23. The van der Waals surface area contributed by atoms with E-state index in [0.717, 1.165) is 5.56 Å². The Labute approximate surface area is 165 Å². The topological polar surface area (TPSA) is 131 Å². The van der Waals surface area contributed by atoms with Crippen molar-refractivity contribution < 1.29 is 27.5 Å². The van der Waals surface area contributed by atoms with Crippen LogP contribution in [0.15, 0.2) is 29.2 Å². The molecule has 0 heterocycles. The molecule has 156 valence electrons. The molecular formula is C18H27N3O6S. The second-order valence-electron chi connectivity index (χ2n) is 6.76. The maximum absolute atomic E-state index is 12.6. The molecule has 0 unspecified atom stereocenters. The van der Waals surface area contributed by atoms with Gasteiger partial charge in [-0.3, -0.25) is 14.9 Å². The zero-order valence-electron chi connectivity index (χ0n) is 16.6. The Balaban J connectivity index is 2.91. The molecule has 0 saturated heterocycles. The van der Waals surface area contributed by atoms with Crippen LogP contribution >= 0.6 is 0 Å². The van der Waals surface area contributed by atoms with Gasteiger partial charge in [-0.15, -0.1) is 0 Å². The summed E-state index contributed by atoms with van der Waals surface area (Å²) in [4.78, 5) is 35.5. The van der Waals surface area contributed by atoms with Gasteiger partial charge in [0.2, 0.25) is 10.0 Å². The van der Waals surface area contributed by atoms with E-state index in [1.54, 1.807) is 12.1 Å². The summed E-state index contributed by atoms with van der Waals surface area (Å²) in [5.41, 5.74) is 0.896. The molecule has 0 radical (unpaired) electrons. The van der Waals surface area contributed by atoms with Gasteiger partial charge in [0.05, 0.1) is 4.90 Å². The largest absolute Gasteiger partial charge is 0.451 e. The van der Waals surface area contributed by atoms with Gasteiger partial charge >= 0.3 is 12.0 Å². The fourth-order valence-corrected chi connectivity index (χ4v) is 3.42. The molecule has 10 heteroatoms. The summed E-state index contributed by atoms with van der Waals surface area (Å²) >= 11 is 0. The maximum Gasteiger partial charge on any atom is 0.324 e. The molecule has 0 spiro atoms. The lowest BCUT2D eigenvalue weighted by Gasteiger charge is -2.21. The third-order valence-electron chi connectivity index (χ3n) is 3.75. The van der Waals surface area contributed by atoms with Gasteiger partial charge in [0, 0.05) is 7.05 Å². The highest BCUT2D eigenvalue weighted by Gasteiger charge is 2.30. The number of urea groups is 1. The van der Waals surface area contributed by atoms with Crippen LogP contribution in [0.4, 0.5) is 4.79 Å². The quantitative estimate of drug-likeness (QED) is 0.547. The maximum atomic E-state index is 12.6. The highest BCUT2D eigenvalue weighted by Crippen LogP contribution is 2.14. The first-order valence-corrected chi connectivity index (χ1v) is 10.3. The monoisotopic (exact) mass is 413 g/mol. The van der Waals surface area contributed by atoms with Crippen molar-refractivity contribution in [1.29, 1.82) is 0 Å². The number of sulfonamides is 1. The first-order chi connectivity index (χ1) is 13.0. The highest BCUT2D eigenvalue weighted by molar-refractivity contribution is 7.89. The van der Waals surface area contributed by atoms with Crippen LogP contribution in [0.3, 0.4) is 0 Å². The number of aryl methyl sites for hydroxylation is 1. The van der Waals surface area contributed by atoms with Crippen LogP contribution in [-0.4, -0.2) is 45.5 Å². The Hall–Kier alpha value is -2.46. The van der Waals surface area contributed by atoms with Crippen LogP contribution in [0.1, 0.15) is 32.8 Å². The average molecular weight is 413 g/mol. The van der Waals surface area contributed by atoms with Crippen molar-refractivity contribution in [3.05, 3.63) is 29.8 Å². The standard InChI is InChI=1S/C18H27N3O6S/c1-11(2)10-15(17(23)27-13(4)16(22)20-18(24)19-5)21-28(25,26)14-8-6-12(3)7-9-14/h6-9,11,13,15,21H,10H2,1-5H3,(H2,19,20,22,24)/t13-,15-/m1/s1. The van der Waals surface area contributed by atoms with Crippen LogP contribution in [0.25, 0.3) is 0 Å². The van der Waals surface area contributed by atoms with Gasteiger partial charge in [-0.25, -0.2) is 13.2 Å². The van der Waals surface area contributed by atoms with E-state index in [2.05, 4.69) is 10.0 Å². The molecule has 0 aliphatic heterocycles. The van der Waals surface area contributed by atoms with Gasteiger partial charge in [-0.05, 0) is 38.3 Å². The van der Waals surface area contributed by atoms with Gasteiger partial charge in [-0.1, -0.05) is 31.5 Å². The van der Waals surface area contributed by atoms with E-state index in [-0.39, 0.29) is 17.2 Å². The number of hydrogen-bond acceptors (Lipinski definition) is 6. The molecule has 0 bridgehead atoms. The molecule has 9 nitrogen and oxygen atoms in total. The van der Waals surface area contributed by atoms with Crippen LogP contribution in [0, 0.1) is 12.8 Å². The van der Waals surface area contributed by atoms with Crippen molar-refractivity contribution in [2.45, 2.75) is 51.2 Å². The van der Waals surface area contributed by atoms with E-state index in [4.69, 9.17) is 4.74 Å². The van der Waals surface area contributed by atoms with Gasteiger partial charge in [0.1, 0.15) is 6.04 Å². The number of nitrogens with one attached hydrogen (secondary N) is 3. The Morgan fingerprint density at radius 2 is 1.64 bits per heavy atom. The number of ether oxygens (including phenoxy) is 1. The fourth-order valence-electron chi connectivity index (χ4n) is 2.22. The van der Waals surface area contributed by atoms with Crippen LogP contribution in [0.2, 0.25) is 0 Å². The van der Waals surface area contributed by atoms with Crippen LogP contribution in [-0.2, 0) is 24.3 Å². The zero-order valence-corrected chi connectivity index (χ0v) is 17.4. The lowest BCUT2D eigenvalue weighted by molar-refractivity contribution is -0.156. The van der Waals surface area contributed by atoms with Crippen LogP contribution in [0.5, 0.6) is 0 Å². The second-order valence-corrected chi connectivity index (χ2v) is 8.48. The Morgan fingerprint density at radius 1 is 1.07 bits per heavy atom. The van der Waals surface area contributed by atoms with Crippen molar-refractivity contribution in [2.75, 3.05) is 7.05 Å². The first-order valence-electron chi connectivity index (χ1n) is 8.78. The van der Waals surface area contributed by atoms with Crippen molar-refractivity contribution in [2.24, 2.45) is 5.92 Å². The summed E-state index contributed by atoms with van der Waals surface area (Å²) in [7, 11) is -2.63. The summed E-state index contributed by atoms with van der Waals surface area (Å²) in [6, 6.07) is 4.25. The molecule has 0 aliphatic rings.